The smallest absolute Gasteiger partial charge is 0.145 e. The Morgan fingerprint density at radius 3 is 2.94 bits per heavy atom. The Hall–Kier alpha value is -1.88. The molecule has 2 rings (SSSR count). The molecule has 5 heteroatoms. The molecule has 0 saturated carbocycles. The number of aromatic nitrogens is 3. The first-order valence-corrected chi connectivity index (χ1v) is 5.11. The summed E-state index contributed by atoms with van der Waals surface area (Å²) in [5, 5.41) is 6.78. The first-order valence-electron chi connectivity index (χ1n) is 5.11. The maximum atomic E-state index is 5.54. The van der Waals surface area contributed by atoms with Crippen molar-refractivity contribution < 1.29 is 0 Å². The van der Waals surface area contributed by atoms with Gasteiger partial charge in [0.25, 0.3) is 0 Å². The van der Waals surface area contributed by atoms with Crippen LogP contribution in [0.3, 0.4) is 0 Å². The third-order valence-corrected chi connectivity index (χ3v) is 2.27. The summed E-state index contributed by atoms with van der Waals surface area (Å²) in [4.78, 5) is 6.25. The van der Waals surface area contributed by atoms with Crippen LogP contribution in [0, 0.1) is 0 Å². The summed E-state index contributed by atoms with van der Waals surface area (Å²) >= 11 is 0. The topological polar surface area (TPSA) is 70.8 Å². The van der Waals surface area contributed by atoms with Crippen molar-refractivity contribution in [1.29, 1.82) is 0 Å². The molecule has 0 bridgehead atoms. The highest BCUT2D eigenvalue weighted by molar-refractivity contribution is 5.28. The van der Waals surface area contributed by atoms with E-state index >= 15 is 0 Å². The van der Waals surface area contributed by atoms with E-state index in [1.54, 1.807) is 6.20 Å². The number of rotatable bonds is 4. The molecule has 0 aromatic carbocycles. The zero-order chi connectivity index (χ0) is 11.4. The number of hydrogen-bond acceptors (Lipinski definition) is 4. The predicted molar refractivity (Wildman–Crippen MR) is 62.4 cm³/mol. The third kappa shape index (κ3) is 2.80. The Morgan fingerprint density at radius 2 is 2.31 bits per heavy atom. The molecule has 0 amide bonds. The quantitative estimate of drug-likeness (QED) is 0.802. The molecule has 0 fully saturated rings. The highest BCUT2D eigenvalue weighted by Crippen LogP contribution is 2.06. The molecule has 16 heavy (non-hydrogen) atoms. The van der Waals surface area contributed by atoms with Gasteiger partial charge in [-0.15, -0.1) is 0 Å². The minimum Gasteiger partial charge on any atom is -0.382 e. The Balaban J connectivity index is 1.92. The van der Waals surface area contributed by atoms with Crippen LogP contribution in [-0.2, 0) is 13.1 Å². The van der Waals surface area contributed by atoms with Gasteiger partial charge in [0.15, 0.2) is 0 Å². The number of nitrogens with two attached hydrogens (primary N) is 1. The van der Waals surface area contributed by atoms with Crippen LogP contribution >= 0.6 is 0 Å². The lowest BCUT2D eigenvalue weighted by atomic mass is 10.2. The van der Waals surface area contributed by atoms with Crippen molar-refractivity contribution >= 4 is 5.82 Å². The van der Waals surface area contributed by atoms with Crippen molar-refractivity contribution in [1.82, 2.24) is 20.1 Å². The molecule has 3 N–H and O–H groups in total. The Kier molecular flexibility index (Phi) is 3.16. The summed E-state index contributed by atoms with van der Waals surface area (Å²) in [6, 6.07) is 5.85. The molecular formula is C11H15N5. The molecule has 2 aromatic rings. The van der Waals surface area contributed by atoms with Crippen molar-refractivity contribution in [2.24, 2.45) is 0 Å². The normalized spacial score (nSPS) is 10.9. The van der Waals surface area contributed by atoms with E-state index in [-0.39, 0.29) is 0 Å². The van der Waals surface area contributed by atoms with E-state index in [0.29, 0.717) is 5.82 Å². The van der Waals surface area contributed by atoms with Gasteiger partial charge in [0.1, 0.15) is 5.82 Å². The van der Waals surface area contributed by atoms with E-state index in [0.717, 1.165) is 18.8 Å². The summed E-state index contributed by atoms with van der Waals surface area (Å²) in [7, 11) is 2.05. The molecule has 2 heterocycles. The molecule has 0 aliphatic heterocycles. The minimum atomic E-state index is 0.532. The van der Waals surface area contributed by atoms with Crippen LogP contribution in [0.2, 0.25) is 0 Å². The molecule has 0 atom stereocenters. The predicted octanol–water partition coefficient (Wildman–Crippen LogP) is 1.02. The lowest BCUT2D eigenvalue weighted by molar-refractivity contribution is 0.314. The van der Waals surface area contributed by atoms with Crippen molar-refractivity contribution in [2.45, 2.75) is 13.1 Å². The van der Waals surface area contributed by atoms with Crippen LogP contribution in [-0.4, -0.2) is 27.1 Å². The Labute approximate surface area is 94.3 Å². The second-order valence-corrected chi connectivity index (χ2v) is 3.85. The number of nitrogens with zero attached hydrogens (tertiary/aromatic N) is 3. The minimum absolute atomic E-state index is 0.532. The van der Waals surface area contributed by atoms with Crippen LogP contribution in [0.15, 0.2) is 30.6 Å². The number of pyridine rings is 1. The number of nitrogen functional groups attached to an aromatic ring is 1. The molecule has 0 aliphatic carbocycles. The van der Waals surface area contributed by atoms with E-state index in [1.807, 2.05) is 25.4 Å². The highest BCUT2D eigenvalue weighted by Gasteiger charge is 2.03. The first kappa shape index (κ1) is 10.6. The fraction of sp³-hybridized carbons (Fsp3) is 0.273. The second kappa shape index (κ2) is 4.76. The molecule has 0 unspecified atom stereocenters. The average Bonchev–Trinajstić information content (AvgIpc) is 2.65. The maximum Gasteiger partial charge on any atom is 0.145 e. The van der Waals surface area contributed by atoms with E-state index in [2.05, 4.69) is 26.1 Å². The molecule has 0 radical (unpaired) electrons. The summed E-state index contributed by atoms with van der Waals surface area (Å²) in [5.41, 5.74) is 7.75. The standard InChI is InChI=1S/C11H15N5/c1-16(7-9-3-2-4-13-6-9)8-10-5-11(12)15-14-10/h2-6H,7-8H2,1H3,(H3,12,14,15). The number of nitrogens with one attached hydrogen (secondary N) is 1. The van der Waals surface area contributed by atoms with Gasteiger partial charge >= 0.3 is 0 Å². The third-order valence-electron chi connectivity index (χ3n) is 2.27. The van der Waals surface area contributed by atoms with Crippen molar-refractivity contribution in [3.63, 3.8) is 0 Å². The zero-order valence-corrected chi connectivity index (χ0v) is 9.22. The highest BCUT2D eigenvalue weighted by atomic mass is 15.2. The van der Waals surface area contributed by atoms with Gasteiger partial charge in [-0.25, -0.2) is 0 Å². The van der Waals surface area contributed by atoms with Gasteiger partial charge in [0.05, 0.1) is 5.69 Å². The van der Waals surface area contributed by atoms with E-state index in [4.69, 9.17) is 5.73 Å². The Bertz CT molecular complexity index is 437. The van der Waals surface area contributed by atoms with Crippen LogP contribution in [0.5, 0.6) is 0 Å². The first-order chi connectivity index (χ1) is 7.74. The molecule has 0 aliphatic rings. The summed E-state index contributed by atoms with van der Waals surface area (Å²) in [6.07, 6.45) is 3.65. The zero-order valence-electron chi connectivity index (χ0n) is 9.22. The van der Waals surface area contributed by atoms with Gasteiger partial charge in [-0.05, 0) is 18.7 Å². The van der Waals surface area contributed by atoms with Gasteiger partial charge in [0.2, 0.25) is 0 Å². The molecule has 84 valence electrons. The lowest BCUT2D eigenvalue weighted by Gasteiger charge is -2.14. The summed E-state index contributed by atoms with van der Waals surface area (Å²) in [5.74, 6) is 0.532. The largest absolute Gasteiger partial charge is 0.382 e. The fourth-order valence-corrected chi connectivity index (χ4v) is 1.61. The van der Waals surface area contributed by atoms with Gasteiger partial charge in [-0.1, -0.05) is 6.07 Å². The van der Waals surface area contributed by atoms with Crippen LogP contribution in [0.25, 0.3) is 0 Å². The van der Waals surface area contributed by atoms with Gasteiger partial charge in [0, 0.05) is 31.5 Å². The number of anilines is 1. The molecule has 0 spiro atoms. The fourth-order valence-electron chi connectivity index (χ4n) is 1.61. The summed E-state index contributed by atoms with van der Waals surface area (Å²) in [6.45, 7) is 1.64. The van der Waals surface area contributed by atoms with Gasteiger partial charge in [-0.3, -0.25) is 15.0 Å². The number of H-pyrrole nitrogens is 1. The van der Waals surface area contributed by atoms with Crippen LogP contribution in [0.4, 0.5) is 5.82 Å². The van der Waals surface area contributed by atoms with E-state index in [1.165, 1.54) is 5.56 Å². The number of aromatic amines is 1. The maximum absolute atomic E-state index is 5.54. The van der Waals surface area contributed by atoms with Gasteiger partial charge in [-0.2, -0.15) is 5.10 Å². The van der Waals surface area contributed by atoms with Crippen molar-refractivity contribution in [3.05, 3.63) is 41.9 Å². The van der Waals surface area contributed by atoms with Crippen molar-refractivity contribution in [2.75, 3.05) is 12.8 Å². The Morgan fingerprint density at radius 1 is 1.44 bits per heavy atom. The molecule has 2 aromatic heterocycles. The monoisotopic (exact) mass is 217 g/mol. The van der Waals surface area contributed by atoms with Crippen LogP contribution in [0.1, 0.15) is 11.3 Å². The van der Waals surface area contributed by atoms with E-state index in [9.17, 15) is 0 Å². The lowest BCUT2D eigenvalue weighted by Crippen LogP contribution is -2.17. The van der Waals surface area contributed by atoms with E-state index < -0.39 is 0 Å². The van der Waals surface area contributed by atoms with Crippen LogP contribution < -0.4 is 5.73 Å². The second-order valence-electron chi connectivity index (χ2n) is 3.85. The molecule has 0 saturated heterocycles. The van der Waals surface area contributed by atoms with Gasteiger partial charge < -0.3 is 5.73 Å². The number of hydrogen-bond donors (Lipinski definition) is 2. The molecular weight excluding hydrogens is 202 g/mol. The molecule has 5 nitrogen and oxygen atoms in total. The van der Waals surface area contributed by atoms with Crippen molar-refractivity contribution in [3.8, 4) is 0 Å². The SMILES string of the molecule is CN(Cc1cccnc1)Cc1cc(N)n[nH]1. The summed E-state index contributed by atoms with van der Waals surface area (Å²) < 4.78 is 0. The average molecular weight is 217 g/mol.